The third-order valence-electron chi connectivity index (χ3n) is 5.66. The van der Waals surface area contributed by atoms with Gasteiger partial charge in [-0.2, -0.15) is 14.6 Å². The molecule has 0 aliphatic heterocycles. The molecule has 8 heteroatoms. The zero-order valence-corrected chi connectivity index (χ0v) is 20.2. The molecule has 0 aliphatic carbocycles. The fourth-order valence-corrected chi connectivity index (χ4v) is 4.86. The van der Waals surface area contributed by atoms with Crippen LogP contribution < -0.4 is 10.1 Å². The number of nitrogens with zero attached hydrogens (tertiary/aromatic N) is 5. The predicted molar refractivity (Wildman–Crippen MR) is 140 cm³/mol. The van der Waals surface area contributed by atoms with Crippen LogP contribution in [0, 0.1) is 6.92 Å². The van der Waals surface area contributed by atoms with Crippen molar-refractivity contribution in [1.29, 1.82) is 0 Å². The van der Waals surface area contributed by atoms with Gasteiger partial charge in [0.2, 0.25) is 4.96 Å². The van der Waals surface area contributed by atoms with E-state index in [0.29, 0.717) is 20.3 Å². The molecule has 0 saturated heterocycles. The molecular weight excluding hydrogens is 478 g/mol. The number of halogens is 1. The van der Waals surface area contributed by atoms with Crippen LogP contribution in [0.4, 0.5) is 0 Å². The standard InChI is InChI=1S/C27H18ClN5OS/c1-17-7-9-19(10-8-17)25-29-27-33(31-25)26(34)23(35-27)15-20-16-32(22-5-3-2-4-6-22)30-24(20)18-11-13-21(28)14-12-18/h2-16H,1H3/b23-15-. The van der Waals surface area contributed by atoms with Gasteiger partial charge in [0.15, 0.2) is 5.82 Å². The minimum absolute atomic E-state index is 0.203. The monoisotopic (exact) mass is 495 g/mol. The van der Waals surface area contributed by atoms with Crippen LogP contribution in [0.5, 0.6) is 0 Å². The van der Waals surface area contributed by atoms with Crippen molar-refractivity contribution in [2.45, 2.75) is 6.92 Å². The highest BCUT2D eigenvalue weighted by Gasteiger charge is 2.15. The van der Waals surface area contributed by atoms with Crippen LogP contribution in [0.25, 0.3) is 39.4 Å². The number of rotatable bonds is 4. The fraction of sp³-hybridized carbons (Fsp3) is 0.0370. The van der Waals surface area contributed by atoms with Crippen LogP contribution in [-0.4, -0.2) is 24.4 Å². The molecule has 170 valence electrons. The summed E-state index contributed by atoms with van der Waals surface area (Å²) < 4.78 is 3.72. The topological polar surface area (TPSA) is 65.1 Å². The quantitative estimate of drug-likeness (QED) is 0.338. The summed E-state index contributed by atoms with van der Waals surface area (Å²) in [6, 6.07) is 25.3. The van der Waals surface area contributed by atoms with Gasteiger partial charge >= 0.3 is 0 Å². The summed E-state index contributed by atoms with van der Waals surface area (Å²) in [6.45, 7) is 2.03. The third-order valence-corrected chi connectivity index (χ3v) is 6.87. The van der Waals surface area contributed by atoms with Gasteiger partial charge in [0, 0.05) is 27.9 Å². The van der Waals surface area contributed by atoms with E-state index in [0.717, 1.165) is 33.6 Å². The van der Waals surface area contributed by atoms with Crippen LogP contribution >= 0.6 is 22.9 Å². The summed E-state index contributed by atoms with van der Waals surface area (Å²) in [5.74, 6) is 0.540. The van der Waals surface area contributed by atoms with E-state index in [1.54, 1.807) is 0 Å². The number of hydrogen-bond acceptors (Lipinski definition) is 5. The van der Waals surface area contributed by atoms with Gasteiger partial charge < -0.3 is 0 Å². The molecule has 6 nitrogen and oxygen atoms in total. The first-order valence-electron chi connectivity index (χ1n) is 10.9. The Morgan fingerprint density at radius 3 is 2.31 bits per heavy atom. The Kier molecular flexibility index (Phi) is 5.28. The maximum absolute atomic E-state index is 13.2. The molecule has 0 amide bonds. The van der Waals surface area contributed by atoms with Gasteiger partial charge in [-0.3, -0.25) is 4.79 Å². The second kappa shape index (κ2) is 8.61. The minimum atomic E-state index is -0.203. The molecule has 6 aromatic rings. The second-order valence-electron chi connectivity index (χ2n) is 8.13. The summed E-state index contributed by atoms with van der Waals surface area (Å²) >= 11 is 7.41. The van der Waals surface area contributed by atoms with E-state index in [1.165, 1.54) is 15.9 Å². The van der Waals surface area contributed by atoms with Gasteiger partial charge in [0.05, 0.1) is 10.2 Å². The average molecular weight is 496 g/mol. The van der Waals surface area contributed by atoms with E-state index >= 15 is 0 Å². The van der Waals surface area contributed by atoms with E-state index < -0.39 is 0 Å². The Hall–Kier alpha value is -4.07. The molecule has 3 heterocycles. The molecule has 0 aliphatic rings. The van der Waals surface area contributed by atoms with Gasteiger partial charge in [0.25, 0.3) is 5.56 Å². The predicted octanol–water partition coefficient (Wildman–Crippen LogP) is 5.18. The first kappa shape index (κ1) is 21.5. The van der Waals surface area contributed by atoms with Crippen LogP contribution in [0.2, 0.25) is 5.02 Å². The molecule has 0 saturated carbocycles. The highest BCUT2D eigenvalue weighted by Crippen LogP contribution is 2.26. The van der Waals surface area contributed by atoms with E-state index in [1.807, 2.05) is 103 Å². The number of hydrogen-bond donors (Lipinski definition) is 0. The van der Waals surface area contributed by atoms with Crippen LogP contribution in [0.15, 0.2) is 89.9 Å². The largest absolute Gasteiger partial charge is 0.291 e. The number of aromatic nitrogens is 5. The molecule has 0 spiro atoms. The van der Waals surface area contributed by atoms with Gasteiger partial charge in [0.1, 0.15) is 5.69 Å². The lowest BCUT2D eigenvalue weighted by Crippen LogP contribution is -2.23. The minimum Gasteiger partial charge on any atom is -0.266 e. The molecule has 6 rings (SSSR count). The molecule has 0 fully saturated rings. The third kappa shape index (κ3) is 4.05. The maximum atomic E-state index is 13.2. The smallest absolute Gasteiger partial charge is 0.266 e. The Labute approximate surface area is 209 Å². The van der Waals surface area contributed by atoms with E-state index in [4.69, 9.17) is 16.7 Å². The number of fused-ring (bicyclic) bond motifs is 1. The van der Waals surface area contributed by atoms with Crippen molar-refractivity contribution in [3.8, 4) is 28.3 Å². The molecular formula is C27H18ClN5OS. The van der Waals surface area contributed by atoms with Crippen molar-refractivity contribution in [2.24, 2.45) is 0 Å². The van der Waals surface area contributed by atoms with Crippen molar-refractivity contribution in [3.05, 3.63) is 116 Å². The molecule has 0 radical (unpaired) electrons. The Balaban J connectivity index is 1.48. The van der Waals surface area contributed by atoms with Crippen LogP contribution in [-0.2, 0) is 0 Å². The highest BCUT2D eigenvalue weighted by atomic mass is 35.5. The first-order chi connectivity index (χ1) is 17.0. The molecule has 0 unspecified atom stereocenters. The molecule has 3 aromatic heterocycles. The first-order valence-corrected chi connectivity index (χ1v) is 12.1. The summed E-state index contributed by atoms with van der Waals surface area (Å²) in [4.78, 5) is 18.3. The van der Waals surface area contributed by atoms with E-state index in [-0.39, 0.29) is 5.56 Å². The molecule has 3 aromatic carbocycles. The number of thiazole rings is 1. The summed E-state index contributed by atoms with van der Waals surface area (Å²) in [7, 11) is 0. The normalized spacial score (nSPS) is 12.0. The van der Waals surface area contributed by atoms with Crippen molar-refractivity contribution >= 4 is 34.0 Å². The lowest BCUT2D eigenvalue weighted by molar-refractivity contribution is 0.884. The van der Waals surface area contributed by atoms with Gasteiger partial charge in [-0.15, -0.1) is 5.10 Å². The van der Waals surface area contributed by atoms with Gasteiger partial charge in [-0.25, -0.2) is 4.68 Å². The number of para-hydroxylation sites is 1. The number of aryl methyl sites for hydroxylation is 1. The zero-order valence-electron chi connectivity index (χ0n) is 18.6. The van der Waals surface area contributed by atoms with Crippen LogP contribution in [0.3, 0.4) is 0 Å². The van der Waals surface area contributed by atoms with E-state index in [2.05, 4.69) is 10.1 Å². The highest BCUT2D eigenvalue weighted by molar-refractivity contribution is 7.15. The summed E-state index contributed by atoms with van der Waals surface area (Å²) in [5, 5.41) is 9.93. The van der Waals surface area contributed by atoms with Gasteiger partial charge in [-0.1, -0.05) is 83.1 Å². The van der Waals surface area contributed by atoms with Crippen molar-refractivity contribution in [2.75, 3.05) is 0 Å². The van der Waals surface area contributed by atoms with Crippen molar-refractivity contribution < 1.29 is 0 Å². The lowest BCUT2D eigenvalue weighted by atomic mass is 10.1. The second-order valence-corrected chi connectivity index (χ2v) is 9.58. The molecule has 35 heavy (non-hydrogen) atoms. The van der Waals surface area contributed by atoms with Crippen molar-refractivity contribution in [3.63, 3.8) is 0 Å². The fourth-order valence-electron chi connectivity index (χ4n) is 3.84. The summed E-state index contributed by atoms with van der Waals surface area (Å²) in [5.41, 5.74) is 5.24. The summed E-state index contributed by atoms with van der Waals surface area (Å²) in [6.07, 6.45) is 3.78. The number of benzene rings is 3. The Bertz CT molecular complexity index is 1770. The SMILES string of the molecule is Cc1ccc(-c2nc3s/c(=C\c4cn(-c5ccccc5)nc4-c4ccc(Cl)cc4)c(=O)n3n2)cc1. The molecule has 0 bridgehead atoms. The Morgan fingerprint density at radius 2 is 1.60 bits per heavy atom. The Morgan fingerprint density at radius 1 is 0.886 bits per heavy atom. The molecule has 0 N–H and O–H groups in total. The van der Waals surface area contributed by atoms with Gasteiger partial charge in [-0.05, 0) is 37.3 Å². The average Bonchev–Trinajstić information content (AvgIpc) is 3.56. The van der Waals surface area contributed by atoms with E-state index in [9.17, 15) is 4.79 Å². The van der Waals surface area contributed by atoms with Crippen LogP contribution in [0.1, 0.15) is 11.1 Å². The molecule has 0 atom stereocenters. The maximum Gasteiger partial charge on any atom is 0.291 e. The lowest BCUT2D eigenvalue weighted by Gasteiger charge is -2.00. The van der Waals surface area contributed by atoms with Crippen molar-refractivity contribution in [1.82, 2.24) is 24.4 Å². The zero-order chi connectivity index (χ0) is 23.9.